The number of nitrogens with zero attached hydrogens (tertiary/aromatic N) is 3. The molecule has 1 aromatic heterocycles. The minimum atomic E-state index is -0.256. The van der Waals surface area contributed by atoms with Crippen molar-refractivity contribution >= 4 is 23.9 Å². The van der Waals surface area contributed by atoms with Gasteiger partial charge in [-0.2, -0.15) is 15.1 Å². The molecule has 0 aliphatic rings. The molecule has 1 heterocycles. The van der Waals surface area contributed by atoms with Crippen LogP contribution in [0.25, 0.3) is 0 Å². The molecule has 7 nitrogen and oxygen atoms in total. The summed E-state index contributed by atoms with van der Waals surface area (Å²) in [6, 6.07) is 9.20. The molecule has 0 bridgehead atoms. The smallest absolute Gasteiger partial charge is 0.271 e. The summed E-state index contributed by atoms with van der Waals surface area (Å²) in [7, 11) is 3.09. The molecule has 31 heavy (non-hydrogen) atoms. The average Bonchev–Trinajstić information content (AvgIpc) is 2.71. The quantitative estimate of drug-likeness (QED) is 0.288. The number of hydrogen-bond acceptors (Lipinski definition) is 7. The second-order valence-corrected chi connectivity index (χ2v) is 10.3. The highest BCUT2D eigenvalue weighted by molar-refractivity contribution is 8.00. The monoisotopic (exact) mass is 444 g/mol. The van der Waals surface area contributed by atoms with Crippen molar-refractivity contribution in [3.63, 3.8) is 0 Å². The number of benzene rings is 1. The predicted octanol–water partition coefficient (Wildman–Crippen LogP) is 4.71. The van der Waals surface area contributed by atoms with Crippen molar-refractivity contribution in [2.24, 2.45) is 10.5 Å². The van der Waals surface area contributed by atoms with Gasteiger partial charge in [0.05, 0.1) is 25.5 Å². The first kappa shape index (κ1) is 24.7. The van der Waals surface area contributed by atoms with Crippen molar-refractivity contribution in [1.29, 1.82) is 0 Å². The Morgan fingerprint density at radius 1 is 1.03 bits per heavy atom. The fraction of sp³-hybridized carbons (Fsp3) is 0.478. The van der Waals surface area contributed by atoms with Crippen LogP contribution in [0.2, 0.25) is 0 Å². The number of hydrogen-bond donors (Lipinski definition) is 1. The van der Waals surface area contributed by atoms with E-state index < -0.39 is 0 Å². The first-order valence-electron chi connectivity index (χ1n) is 10.0. The van der Waals surface area contributed by atoms with Crippen molar-refractivity contribution < 1.29 is 14.3 Å². The minimum absolute atomic E-state index is 0.0369. The van der Waals surface area contributed by atoms with E-state index in [9.17, 15) is 4.79 Å². The van der Waals surface area contributed by atoms with E-state index in [0.29, 0.717) is 22.5 Å². The third kappa shape index (κ3) is 7.24. The molecular weight excluding hydrogens is 412 g/mol. The Kier molecular flexibility index (Phi) is 8.06. The van der Waals surface area contributed by atoms with E-state index in [2.05, 4.69) is 62.0 Å². The summed E-state index contributed by atoms with van der Waals surface area (Å²) in [5.41, 5.74) is 4.23. The topological polar surface area (TPSA) is 85.7 Å². The maximum Gasteiger partial charge on any atom is 0.271 e. The first-order chi connectivity index (χ1) is 14.4. The van der Waals surface area contributed by atoms with Gasteiger partial charge in [0, 0.05) is 11.8 Å². The molecule has 1 aromatic carbocycles. The van der Waals surface area contributed by atoms with E-state index in [0.717, 1.165) is 0 Å². The van der Waals surface area contributed by atoms with E-state index in [4.69, 9.17) is 9.47 Å². The maximum absolute atomic E-state index is 12.5. The van der Waals surface area contributed by atoms with Gasteiger partial charge in [0.15, 0.2) is 5.16 Å². The van der Waals surface area contributed by atoms with Crippen LogP contribution < -0.4 is 14.9 Å². The van der Waals surface area contributed by atoms with E-state index in [-0.39, 0.29) is 22.0 Å². The van der Waals surface area contributed by atoms with Gasteiger partial charge in [0.1, 0.15) is 0 Å². The van der Waals surface area contributed by atoms with Crippen molar-refractivity contribution in [3.05, 3.63) is 41.5 Å². The molecule has 0 saturated carbocycles. The summed E-state index contributed by atoms with van der Waals surface area (Å²) < 4.78 is 10.4. The zero-order chi connectivity index (χ0) is 23.2. The van der Waals surface area contributed by atoms with Crippen molar-refractivity contribution in [3.8, 4) is 11.8 Å². The lowest BCUT2D eigenvalue weighted by Crippen LogP contribution is -2.27. The lowest BCUT2D eigenvalue weighted by molar-refractivity contribution is 0.0955. The lowest BCUT2D eigenvalue weighted by atomic mass is 9.87. The van der Waals surface area contributed by atoms with Crippen molar-refractivity contribution in [1.82, 2.24) is 15.4 Å². The molecule has 0 aliphatic heterocycles. The lowest BCUT2D eigenvalue weighted by Gasteiger charge is -2.26. The van der Waals surface area contributed by atoms with Crippen LogP contribution in [-0.2, 0) is 5.41 Å². The Hall–Kier alpha value is -2.61. The molecule has 8 heteroatoms. The molecule has 0 spiro atoms. The number of carbonyl (C=O) groups excluding carboxylic acids is 1. The molecule has 2 rings (SSSR count). The fourth-order valence-electron chi connectivity index (χ4n) is 2.54. The van der Waals surface area contributed by atoms with Crippen LogP contribution in [-0.4, -0.2) is 41.6 Å². The van der Waals surface area contributed by atoms with Gasteiger partial charge in [0.2, 0.25) is 11.8 Å². The Balaban J connectivity index is 2.12. The summed E-state index contributed by atoms with van der Waals surface area (Å²) in [5, 5.41) is 4.61. The van der Waals surface area contributed by atoms with Crippen LogP contribution in [0.5, 0.6) is 11.8 Å². The van der Waals surface area contributed by atoms with Crippen LogP contribution in [0, 0.1) is 5.41 Å². The first-order valence-corrected chi connectivity index (χ1v) is 10.9. The van der Waals surface area contributed by atoms with Crippen LogP contribution in [0.1, 0.15) is 57.5 Å². The van der Waals surface area contributed by atoms with Gasteiger partial charge in [-0.3, -0.25) is 4.79 Å². The van der Waals surface area contributed by atoms with Crippen molar-refractivity contribution in [2.75, 3.05) is 14.2 Å². The highest BCUT2D eigenvalue weighted by atomic mass is 32.2. The molecular formula is C23H32N4O3S. The number of ether oxygens (including phenoxy) is 2. The number of nitrogens with one attached hydrogen (secondary N) is 1. The van der Waals surface area contributed by atoms with Crippen LogP contribution in [0.3, 0.4) is 0 Å². The molecule has 1 atom stereocenters. The van der Waals surface area contributed by atoms with E-state index in [1.165, 1.54) is 17.3 Å². The number of carbonyl (C=O) groups is 1. The van der Waals surface area contributed by atoms with E-state index >= 15 is 0 Å². The molecule has 1 amide bonds. The number of thioether (sulfide) groups is 1. The van der Waals surface area contributed by atoms with Crippen LogP contribution in [0.15, 0.2) is 40.6 Å². The SMILES string of the molecule is COc1cc(OC)nc(SC(/C=N/NC(=O)c2ccc(C(C)(C)C)cc2)C(C)(C)C)n1. The zero-order valence-electron chi connectivity index (χ0n) is 19.5. The average molecular weight is 445 g/mol. The fourth-order valence-corrected chi connectivity index (χ4v) is 3.53. The van der Waals surface area contributed by atoms with Gasteiger partial charge in [-0.05, 0) is 28.5 Å². The number of aromatic nitrogens is 2. The Morgan fingerprint density at radius 3 is 2.03 bits per heavy atom. The largest absolute Gasteiger partial charge is 0.481 e. The molecule has 1 unspecified atom stereocenters. The zero-order valence-corrected chi connectivity index (χ0v) is 20.3. The van der Waals surface area contributed by atoms with Crippen LogP contribution in [0.4, 0.5) is 0 Å². The van der Waals surface area contributed by atoms with Crippen molar-refractivity contribution in [2.45, 2.75) is 57.4 Å². The number of amides is 1. The number of methoxy groups -OCH3 is 2. The van der Waals surface area contributed by atoms with Crippen LogP contribution >= 0.6 is 11.8 Å². The normalized spacial score (nSPS) is 13.2. The summed E-state index contributed by atoms with van der Waals surface area (Å²) in [6.45, 7) is 12.7. The molecule has 2 aromatic rings. The van der Waals surface area contributed by atoms with E-state index in [1.807, 2.05) is 24.3 Å². The standard InChI is InChI=1S/C23H32N4O3S/c1-22(2,3)16-11-9-15(10-12-16)20(28)27-24-14-17(23(4,5)6)31-21-25-18(29-7)13-19(26-21)30-8/h9-14,17H,1-8H3,(H,27,28)/b24-14+. The van der Waals surface area contributed by atoms with Gasteiger partial charge < -0.3 is 9.47 Å². The van der Waals surface area contributed by atoms with Gasteiger partial charge in [-0.25, -0.2) is 5.43 Å². The summed E-state index contributed by atoms with van der Waals surface area (Å²) >= 11 is 1.42. The van der Waals surface area contributed by atoms with Gasteiger partial charge >= 0.3 is 0 Å². The maximum atomic E-state index is 12.5. The molecule has 0 fully saturated rings. The molecule has 168 valence electrons. The highest BCUT2D eigenvalue weighted by Gasteiger charge is 2.26. The highest BCUT2D eigenvalue weighted by Crippen LogP contribution is 2.34. The third-order valence-electron chi connectivity index (χ3n) is 4.55. The minimum Gasteiger partial charge on any atom is -0.481 e. The summed E-state index contributed by atoms with van der Waals surface area (Å²) in [4.78, 5) is 21.2. The van der Waals surface area contributed by atoms with Gasteiger partial charge in [0.25, 0.3) is 5.91 Å². The Labute approximate surface area is 189 Å². The molecule has 0 saturated heterocycles. The summed E-state index contributed by atoms with van der Waals surface area (Å²) in [5.74, 6) is 0.588. The second kappa shape index (κ2) is 10.1. The number of rotatable bonds is 7. The molecule has 0 radical (unpaired) electrons. The third-order valence-corrected chi connectivity index (χ3v) is 6.03. The Morgan fingerprint density at radius 2 is 1.58 bits per heavy atom. The Bertz CT molecular complexity index is 894. The molecule has 0 aliphatic carbocycles. The number of hydrazone groups is 1. The van der Waals surface area contributed by atoms with Gasteiger partial charge in [-0.15, -0.1) is 0 Å². The second-order valence-electron chi connectivity index (χ2n) is 9.19. The van der Waals surface area contributed by atoms with E-state index in [1.54, 1.807) is 26.5 Å². The molecule has 1 N–H and O–H groups in total. The predicted molar refractivity (Wildman–Crippen MR) is 125 cm³/mol. The summed E-state index contributed by atoms with van der Waals surface area (Å²) in [6.07, 6.45) is 1.71. The van der Waals surface area contributed by atoms with Gasteiger partial charge in [-0.1, -0.05) is 65.4 Å².